The first-order chi connectivity index (χ1) is 13.6. The molecule has 28 heavy (non-hydrogen) atoms. The highest BCUT2D eigenvalue weighted by molar-refractivity contribution is 6.06. The number of benzene rings is 2. The lowest BCUT2D eigenvalue weighted by molar-refractivity contribution is -0.123. The largest absolute Gasteiger partial charge is 0.368 e. The van der Waals surface area contributed by atoms with Gasteiger partial charge in [-0.25, -0.2) is 0 Å². The number of fused-ring (bicyclic) bond motifs is 1. The highest BCUT2D eigenvalue weighted by Gasteiger charge is 2.33. The summed E-state index contributed by atoms with van der Waals surface area (Å²) in [6, 6.07) is 15.2. The van der Waals surface area contributed by atoms with Crippen molar-refractivity contribution in [2.45, 2.75) is 25.3 Å². The number of carbonyl (C=O) groups excluding carboxylic acids is 2. The summed E-state index contributed by atoms with van der Waals surface area (Å²) in [5.41, 5.74) is 5.93. The Bertz CT molecular complexity index is 1110. The first-order valence-electron chi connectivity index (χ1n) is 9.25. The predicted octanol–water partition coefficient (Wildman–Crippen LogP) is 1.87. The second-order valence-corrected chi connectivity index (χ2v) is 6.86. The fourth-order valence-corrected chi connectivity index (χ4v) is 3.70. The van der Waals surface area contributed by atoms with Gasteiger partial charge in [-0.05, 0) is 37.5 Å². The molecular weight excluding hydrogens is 356 g/mol. The van der Waals surface area contributed by atoms with Crippen LogP contribution < -0.4 is 11.3 Å². The summed E-state index contributed by atoms with van der Waals surface area (Å²) in [4.78, 5) is 39.7. The lowest BCUT2D eigenvalue weighted by atomic mass is 10.0. The van der Waals surface area contributed by atoms with E-state index in [0.717, 1.165) is 12.8 Å². The molecule has 1 aromatic heterocycles. The highest BCUT2D eigenvalue weighted by Crippen LogP contribution is 2.22. The third-order valence-corrected chi connectivity index (χ3v) is 5.10. The molecule has 1 saturated heterocycles. The van der Waals surface area contributed by atoms with E-state index in [9.17, 15) is 14.4 Å². The van der Waals surface area contributed by atoms with E-state index in [0.29, 0.717) is 29.4 Å². The molecule has 2 amide bonds. The standard InChI is InChI=1S/C21H20N4O3/c22-19(26)17-12-6-7-13-24(17)21(28)18-15-10-4-5-11-16(15)20(27)25(23-18)14-8-2-1-3-9-14/h1-5,8-11,17H,6-7,12-13H2,(H2,22,26)/t17-/m0/s1. The van der Waals surface area contributed by atoms with Gasteiger partial charge in [0.2, 0.25) is 5.91 Å². The van der Waals surface area contributed by atoms with Crippen LogP contribution in [-0.2, 0) is 4.79 Å². The SMILES string of the molecule is NC(=O)[C@@H]1CCCCN1C(=O)c1nn(-c2ccccc2)c(=O)c2ccccc12. The van der Waals surface area contributed by atoms with Gasteiger partial charge >= 0.3 is 0 Å². The van der Waals surface area contributed by atoms with Gasteiger partial charge in [0.1, 0.15) is 6.04 Å². The smallest absolute Gasteiger partial charge is 0.279 e. The van der Waals surface area contributed by atoms with Crippen LogP contribution in [0.4, 0.5) is 0 Å². The number of likely N-dealkylation sites (tertiary alicyclic amines) is 1. The molecule has 1 atom stereocenters. The number of piperidine rings is 1. The van der Waals surface area contributed by atoms with Crippen molar-refractivity contribution in [3.8, 4) is 5.69 Å². The van der Waals surface area contributed by atoms with Crippen molar-refractivity contribution in [3.05, 3.63) is 70.6 Å². The molecule has 1 aliphatic heterocycles. The monoisotopic (exact) mass is 376 g/mol. The van der Waals surface area contributed by atoms with E-state index >= 15 is 0 Å². The minimum absolute atomic E-state index is 0.146. The normalized spacial score (nSPS) is 16.9. The van der Waals surface area contributed by atoms with Crippen LogP contribution in [0.5, 0.6) is 0 Å². The molecule has 0 bridgehead atoms. The fraction of sp³-hybridized carbons (Fsp3) is 0.238. The number of hydrogen-bond acceptors (Lipinski definition) is 4. The lowest BCUT2D eigenvalue weighted by Gasteiger charge is -2.33. The number of nitrogens with zero attached hydrogens (tertiary/aromatic N) is 3. The van der Waals surface area contributed by atoms with E-state index in [1.165, 1.54) is 9.58 Å². The Kier molecular flexibility index (Phi) is 4.65. The molecule has 2 N–H and O–H groups in total. The summed E-state index contributed by atoms with van der Waals surface area (Å²) in [7, 11) is 0. The second kappa shape index (κ2) is 7.26. The molecule has 2 aromatic carbocycles. The third kappa shape index (κ3) is 3.05. The van der Waals surface area contributed by atoms with Gasteiger partial charge in [-0.3, -0.25) is 14.4 Å². The molecule has 0 radical (unpaired) electrons. The van der Waals surface area contributed by atoms with E-state index in [1.54, 1.807) is 48.5 Å². The number of rotatable bonds is 3. The summed E-state index contributed by atoms with van der Waals surface area (Å²) >= 11 is 0. The minimum atomic E-state index is -0.654. The maximum absolute atomic E-state index is 13.4. The molecule has 0 aliphatic carbocycles. The molecule has 0 spiro atoms. The molecule has 7 nitrogen and oxygen atoms in total. The zero-order valence-electron chi connectivity index (χ0n) is 15.2. The van der Waals surface area contributed by atoms with Crippen molar-refractivity contribution in [2.75, 3.05) is 6.54 Å². The van der Waals surface area contributed by atoms with Crippen molar-refractivity contribution < 1.29 is 9.59 Å². The Morgan fingerprint density at radius 2 is 1.64 bits per heavy atom. The van der Waals surface area contributed by atoms with E-state index in [1.807, 2.05) is 6.07 Å². The molecule has 1 aliphatic rings. The average Bonchev–Trinajstić information content (AvgIpc) is 2.74. The topological polar surface area (TPSA) is 98.3 Å². The van der Waals surface area contributed by atoms with E-state index < -0.39 is 11.9 Å². The molecule has 3 aromatic rings. The van der Waals surface area contributed by atoms with Crippen molar-refractivity contribution in [3.63, 3.8) is 0 Å². The minimum Gasteiger partial charge on any atom is -0.368 e. The van der Waals surface area contributed by atoms with Gasteiger partial charge in [-0.1, -0.05) is 36.4 Å². The maximum atomic E-state index is 13.4. The predicted molar refractivity (Wildman–Crippen MR) is 105 cm³/mol. The molecule has 142 valence electrons. The van der Waals surface area contributed by atoms with Gasteiger partial charge in [0.15, 0.2) is 5.69 Å². The molecule has 2 heterocycles. The Morgan fingerprint density at radius 1 is 0.964 bits per heavy atom. The van der Waals surface area contributed by atoms with Crippen molar-refractivity contribution >= 4 is 22.6 Å². The molecule has 0 unspecified atom stereocenters. The Balaban J connectivity index is 1.91. The lowest BCUT2D eigenvalue weighted by Crippen LogP contribution is -2.51. The summed E-state index contributed by atoms with van der Waals surface area (Å²) in [5, 5.41) is 5.27. The van der Waals surface area contributed by atoms with Gasteiger partial charge in [-0.15, -0.1) is 0 Å². The van der Waals surface area contributed by atoms with Gasteiger partial charge in [0.05, 0.1) is 11.1 Å². The maximum Gasteiger partial charge on any atom is 0.279 e. The number of para-hydroxylation sites is 1. The number of nitrogens with two attached hydrogens (primary N) is 1. The van der Waals surface area contributed by atoms with Crippen LogP contribution in [0.1, 0.15) is 29.8 Å². The Hall–Kier alpha value is -3.48. The number of amides is 2. The van der Waals surface area contributed by atoms with Crippen LogP contribution in [0, 0.1) is 0 Å². The van der Waals surface area contributed by atoms with Crippen LogP contribution in [0.2, 0.25) is 0 Å². The fourth-order valence-electron chi connectivity index (χ4n) is 3.70. The zero-order valence-corrected chi connectivity index (χ0v) is 15.2. The summed E-state index contributed by atoms with van der Waals surface area (Å²) in [6.45, 7) is 0.437. The number of primary amides is 1. The van der Waals surface area contributed by atoms with Crippen LogP contribution >= 0.6 is 0 Å². The molecule has 4 rings (SSSR count). The Labute approximate surface area is 161 Å². The van der Waals surface area contributed by atoms with Crippen molar-refractivity contribution in [1.29, 1.82) is 0 Å². The van der Waals surface area contributed by atoms with Gasteiger partial charge in [0.25, 0.3) is 11.5 Å². The van der Waals surface area contributed by atoms with E-state index in [4.69, 9.17) is 5.73 Å². The van der Waals surface area contributed by atoms with E-state index in [2.05, 4.69) is 5.10 Å². The second-order valence-electron chi connectivity index (χ2n) is 6.86. The Morgan fingerprint density at radius 3 is 2.36 bits per heavy atom. The van der Waals surface area contributed by atoms with Crippen LogP contribution in [0.15, 0.2) is 59.4 Å². The molecule has 7 heteroatoms. The van der Waals surface area contributed by atoms with Crippen LogP contribution in [0.25, 0.3) is 16.5 Å². The first-order valence-corrected chi connectivity index (χ1v) is 9.25. The van der Waals surface area contributed by atoms with Gasteiger partial charge in [0, 0.05) is 11.9 Å². The van der Waals surface area contributed by atoms with E-state index in [-0.39, 0.29) is 17.2 Å². The quantitative estimate of drug-likeness (QED) is 0.754. The third-order valence-electron chi connectivity index (χ3n) is 5.10. The van der Waals surface area contributed by atoms with Crippen molar-refractivity contribution in [1.82, 2.24) is 14.7 Å². The first kappa shape index (κ1) is 17.9. The summed E-state index contributed by atoms with van der Waals surface area (Å²) in [6.07, 6.45) is 2.18. The average molecular weight is 376 g/mol. The molecular formula is C21H20N4O3. The number of aromatic nitrogens is 2. The zero-order chi connectivity index (χ0) is 19.7. The van der Waals surface area contributed by atoms with Crippen LogP contribution in [-0.4, -0.2) is 39.1 Å². The number of carbonyl (C=O) groups is 2. The summed E-state index contributed by atoms with van der Waals surface area (Å²) < 4.78 is 1.23. The number of hydrogen-bond donors (Lipinski definition) is 1. The van der Waals surface area contributed by atoms with Crippen LogP contribution in [0.3, 0.4) is 0 Å². The summed E-state index contributed by atoms with van der Waals surface area (Å²) in [5.74, 6) is -0.905. The molecule has 0 saturated carbocycles. The molecule has 1 fully saturated rings. The van der Waals surface area contributed by atoms with Gasteiger partial charge < -0.3 is 10.6 Å². The van der Waals surface area contributed by atoms with Crippen molar-refractivity contribution in [2.24, 2.45) is 5.73 Å². The highest BCUT2D eigenvalue weighted by atomic mass is 16.2. The van der Waals surface area contributed by atoms with Gasteiger partial charge in [-0.2, -0.15) is 9.78 Å².